The summed E-state index contributed by atoms with van der Waals surface area (Å²) < 4.78 is 13.8. The second kappa shape index (κ2) is 6.06. The average Bonchev–Trinajstić information content (AvgIpc) is 2.43. The molecule has 0 saturated heterocycles. The predicted molar refractivity (Wildman–Crippen MR) is 83.0 cm³/mol. The molecular formula is C16H19FN4. The van der Waals surface area contributed by atoms with E-state index in [2.05, 4.69) is 16.0 Å². The number of aryl methyl sites for hydroxylation is 1. The molecule has 2 rings (SSSR count). The van der Waals surface area contributed by atoms with E-state index < -0.39 is 0 Å². The topological polar surface area (TPSA) is 43.2 Å². The van der Waals surface area contributed by atoms with Gasteiger partial charge in [-0.2, -0.15) is 5.26 Å². The van der Waals surface area contributed by atoms with E-state index in [9.17, 15) is 9.65 Å². The molecular weight excluding hydrogens is 267 g/mol. The van der Waals surface area contributed by atoms with Crippen molar-refractivity contribution in [1.29, 1.82) is 5.26 Å². The van der Waals surface area contributed by atoms with Gasteiger partial charge in [0.15, 0.2) is 0 Å². The van der Waals surface area contributed by atoms with Crippen molar-refractivity contribution < 1.29 is 4.39 Å². The van der Waals surface area contributed by atoms with Gasteiger partial charge in [-0.25, -0.2) is 4.39 Å². The Hall–Kier alpha value is -2.19. The van der Waals surface area contributed by atoms with Gasteiger partial charge in [-0.3, -0.25) is 4.98 Å². The average molecular weight is 286 g/mol. The molecule has 1 heterocycles. The Morgan fingerprint density at radius 1 is 1.24 bits per heavy atom. The summed E-state index contributed by atoms with van der Waals surface area (Å²) in [4.78, 5) is 8.36. The predicted octanol–water partition coefficient (Wildman–Crippen LogP) is 2.55. The summed E-state index contributed by atoms with van der Waals surface area (Å²) in [5.74, 6) is -0.306. The molecule has 0 aliphatic carbocycles. The van der Waals surface area contributed by atoms with E-state index >= 15 is 0 Å². The highest BCUT2D eigenvalue weighted by Crippen LogP contribution is 2.30. The number of pyridine rings is 1. The van der Waals surface area contributed by atoms with Gasteiger partial charge in [0.25, 0.3) is 0 Å². The monoisotopic (exact) mass is 286 g/mol. The molecule has 0 unspecified atom stereocenters. The zero-order valence-corrected chi connectivity index (χ0v) is 12.8. The van der Waals surface area contributed by atoms with E-state index in [4.69, 9.17) is 0 Å². The summed E-state index contributed by atoms with van der Waals surface area (Å²) >= 11 is 0. The van der Waals surface area contributed by atoms with Crippen molar-refractivity contribution in [2.75, 3.05) is 39.1 Å². The van der Waals surface area contributed by atoms with Gasteiger partial charge in [-0.1, -0.05) is 0 Å². The maximum atomic E-state index is 13.8. The molecule has 21 heavy (non-hydrogen) atoms. The van der Waals surface area contributed by atoms with Crippen molar-refractivity contribution in [3.63, 3.8) is 0 Å². The van der Waals surface area contributed by atoms with Gasteiger partial charge >= 0.3 is 0 Å². The molecule has 0 aliphatic heterocycles. The third-order valence-electron chi connectivity index (χ3n) is 3.48. The van der Waals surface area contributed by atoms with Gasteiger partial charge < -0.3 is 9.80 Å². The largest absolute Gasteiger partial charge is 0.372 e. The summed E-state index contributed by atoms with van der Waals surface area (Å²) in [6.45, 7) is 3.42. The number of hydrogen-bond donors (Lipinski definition) is 0. The van der Waals surface area contributed by atoms with E-state index in [-0.39, 0.29) is 5.82 Å². The lowest BCUT2D eigenvalue weighted by atomic mass is 10.1. The van der Waals surface area contributed by atoms with Crippen LogP contribution < -0.4 is 4.90 Å². The maximum Gasteiger partial charge on any atom is 0.124 e. The maximum absolute atomic E-state index is 13.8. The molecule has 0 atom stereocenters. The Morgan fingerprint density at radius 2 is 1.95 bits per heavy atom. The number of likely N-dealkylation sites (N-methyl/N-ethyl adjacent to an activating group) is 2. The summed E-state index contributed by atoms with van der Waals surface area (Å²) in [5.41, 5.74) is 2.72. The van der Waals surface area contributed by atoms with Crippen LogP contribution in [0.4, 0.5) is 10.1 Å². The SMILES string of the molecule is Cc1cc(F)cc2c(N(C)CCN(C)C)c(C#N)cnc12. The van der Waals surface area contributed by atoms with Crippen molar-refractivity contribution in [2.45, 2.75) is 6.92 Å². The number of benzene rings is 1. The number of fused-ring (bicyclic) bond motifs is 1. The van der Waals surface area contributed by atoms with Crippen molar-refractivity contribution in [3.05, 3.63) is 35.3 Å². The highest BCUT2D eigenvalue weighted by molar-refractivity contribution is 5.96. The Balaban J connectivity index is 2.61. The van der Waals surface area contributed by atoms with Crippen LogP contribution in [0.15, 0.2) is 18.3 Å². The summed E-state index contributed by atoms with van der Waals surface area (Å²) in [6, 6.07) is 5.07. The Labute approximate surface area is 124 Å². The molecule has 0 saturated carbocycles. The molecule has 0 aliphatic rings. The molecule has 0 spiro atoms. The number of anilines is 1. The van der Waals surface area contributed by atoms with Gasteiger partial charge in [0.05, 0.1) is 16.8 Å². The fourth-order valence-electron chi connectivity index (χ4n) is 2.38. The minimum absolute atomic E-state index is 0.306. The lowest BCUT2D eigenvalue weighted by molar-refractivity contribution is 0.416. The van der Waals surface area contributed by atoms with Crippen LogP contribution in [0.2, 0.25) is 0 Å². The third-order valence-corrected chi connectivity index (χ3v) is 3.48. The molecule has 110 valence electrons. The number of halogens is 1. The third kappa shape index (κ3) is 3.11. The molecule has 2 aromatic rings. The second-order valence-corrected chi connectivity index (χ2v) is 5.48. The summed E-state index contributed by atoms with van der Waals surface area (Å²) in [7, 11) is 5.90. The van der Waals surface area contributed by atoms with Crippen LogP contribution in [0.3, 0.4) is 0 Å². The molecule has 5 heteroatoms. The lowest BCUT2D eigenvalue weighted by Crippen LogP contribution is -2.29. The van der Waals surface area contributed by atoms with Gasteiger partial charge in [0.1, 0.15) is 11.9 Å². The lowest BCUT2D eigenvalue weighted by Gasteiger charge is -2.24. The molecule has 0 fully saturated rings. The fourth-order valence-corrected chi connectivity index (χ4v) is 2.38. The molecule has 1 aromatic heterocycles. The van der Waals surface area contributed by atoms with Crippen molar-refractivity contribution in [2.24, 2.45) is 0 Å². The first-order valence-electron chi connectivity index (χ1n) is 6.79. The van der Waals surface area contributed by atoms with Gasteiger partial charge in [0.2, 0.25) is 0 Å². The van der Waals surface area contributed by atoms with Crippen molar-refractivity contribution >= 4 is 16.6 Å². The number of rotatable bonds is 4. The van der Waals surface area contributed by atoms with Crippen molar-refractivity contribution in [3.8, 4) is 6.07 Å². The highest BCUT2D eigenvalue weighted by Gasteiger charge is 2.15. The van der Waals surface area contributed by atoms with Crippen LogP contribution in [0, 0.1) is 24.1 Å². The van der Waals surface area contributed by atoms with Crippen LogP contribution in [-0.2, 0) is 0 Å². The summed E-state index contributed by atoms with van der Waals surface area (Å²) in [5, 5.41) is 10.0. The highest BCUT2D eigenvalue weighted by atomic mass is 19.1. The minimum atomic E-state index is -0.306. The molecule has 1 aromatic carbocycles. The number of hydrogen-bond acceptors (Lipinski definition) is 4. The normalized spacial score (nSPS) is 10.9. The van der Waals surface area contributed by atoms with Crippen LogP contribution in [0.25, 0.3) is 10.9 Å². The molecule has 0 bridgehead atoms. The molecule has 0 radical (unpaired) electrons. The quantitative estimate of drug-likeness (QED) is 0.866. The van der Waals surface area contributed by atoms with E-state index in [0.717, 1.165) is 29.9 Å². The van der Waals surface area contributed by atoms with Crippen LogP contribution in [0.1, 0.15) is 11.1 Å². The number of nitriles is 1. The van der Waals surface area contributed by atoms with Crippen LogP contribution in [-0.4, -0.2) is 44.1 Å². The van der Waals surface area contributed by atoms with Gasteiger partial charge in [-0.15, -0.1) is 0 Å². The summed E-state index contributed by atoms with van der Waals surface area (Å²) in [6.07, 6.45) is 1.56. The Morgan fingerprint density at radius 3 is 2.57 bits per heavy atom. The van der Waals surface area contributed by atoms with E-state index in [1.54, 1.807) is 6.20 Å². The van der Waals surface area contributed by atoms with E-state index in [1.807, 2.05) is 33.0 Å². The molecule has 4 nitrogen and oxygen atoms in total. The first kappa shape index (κ1) is 15.2. The molecule has 0 amide bonds. The smallest absolute Gasteiger partial charge is 0.124 e. The van der Waals surface area contributed by atoms with Gasteiger partial charge in [0, 0.05) is 31.7 Å². The first-order valence-corrected chi connectivity index (χ1v) is 6.79. The zero-order valence-electron chi connectivity index (χ0n) is 12.8. The zero-order chi connectivity index (χ0) is 15.6. The standard InChI is InChI=1S/C16H19FN4/c1-11-7-13(17)8-14-15(11)19-10-12(9-18)16(14)21(4)6-5-20(2)3/h7-8,10H,5-6H2,1-4H3. The number of aromatic nitrogens is 1. The Kier molecular flexibility index (Phi) is 4.39. The van der Waals surface area contributed by atoms with Crippen molar-refractivity contribution in [1.82, 2.24) is 9.88 Å². The van der Waals surface area contributed by atoms with Gasteiger partial charge in [-0.05, 0) is 38.7 Å². The minimum Gasteiger partial charge on any atom is -0.372 e. The molecule has 0 N–H and O–H groups in total. The van der Waals surface area contributed by atoms with E-state index in [0.29, 0.717) is 10.9 Å². The van der Waals surface area contributed by atoms with E-state index in [1.165, 1.54) is 12.1 Å². The Bertz CT molecular complexity index is 703. The number of nitrogens with zero attached hydrogens (tertiary/aromatic N) is 4. The fraction of sp³-hybridized carbons (Fsp3) is 0.375. The second-order valence-electron chi connectivity index (χ2n) is 5.48. The van der Waals surface area contributed by atoms with Crippen LogP contribution in [0.5, 0.6) is 0 Å². The first-order chi connectivity index (χ1) is 9.93. The van der Waals surface area contributed by atoms with Crippen LogP contribution >= 0.6 is 0 Å².